The Bertz CT molecular complexity index is 850. The van der Waals surface area contributed by atoms with Crippen LogP contribution >= 0.6 is 11.3 Å². The first-order valence-corrected chi connectivity index (χ1v) is 9.16. The number of hydrogen-bond donors (Lipinski definition) is 1. The van der Waals surface area contributed by atoms with Crippen molar-refractivity contribution in [2.45, 2.75) is 25.7 Å². The summed E-state index contributed by atoms with van der Waals surface area (Å²) in [4.78, 5) is 18.3. The molecule has 26 heavy (non-hydrogen) atoms. The third-order valence-corrected chi connectivity index (χ3v) is 5.33. The molecule has 6 nitrogen and oxygen atoms in total. The van der Waals surface area contributed by atoms with E-state index in [2.05, 4.69) is 16.5 Å². The fourth-order valence-electron chi connectivity index (χ4n) is 2.82. The molecule has 0 saturated carbocycles. The highest BCUT2D eigenvalue weighted by molar-refractivity contribution is 7.16. The first kappa shape index (κ1) is 18.0. The Morgan fingerprint density at radius 2 is 2.12 bits per heavy atom. The number of rotatable bonds is 6. The zero-order chi connectivity index (χ0) is 18.4. The minimum absolute atomic E-state index is 0.208. The largest absolute Gasteiger partial charge is 0.497 e. The van der Waals surface area contributed by atoms with Crippen LogP contribution in [0.3, 0.4) is 0 Å². The smallest absolute Gasteiger partial charge is 0.265 e. The summed E-state index contributed by atoms with van der Waals surface area (Å²) in [7, 11) is 1.60. The lowest BCUT2D eigenvalue weighted by atomic mass is 9.96. The number of anilines is 1. The van der Waals surface area contributed by atoms with Crippen LogP contribution in [0, 0.1) is 11.3 Å². The number of nitrogens with zero attached hydrogens (tertiary/aromatic N) is 2. The molecule has 3 rings (SSSR count). The number of benzene rings is 1. The molecule has 1 aromatic carbocycles. The summed E-state index contributed by atoms with van der Waals surface area (Å²) in [6.45, 7) is -0.208. The number of aryl methyl sites for hydroxylation is 1. The summed E-state index contributed by atoms with van der Waals surface area (Å²) in [5.41, 5.74) is 2.53. The standard InChI is InChI=1S/C19H19N3O3S/c1-24-14-8-6-13(7-9-14)11-21-25-12-18(23)22-19-16(10-20)15-4-2-3-5-17(15)26-19/h6-9,11H,2-5,12H2,1H3,(H,22,23)/b21-11-. The lowest BCUT2D eigenvalue weighted by molar-refractivity contribution is -0.120. The van der Waals surface area contributed by atoms with Gasteiger partial charge in [0.05, 0.1) is 18.9 Å². The molecule has 1 heterocycles. The van der Waals surface area contributed by atoms with Crippen LogP contribution in [-0.2, 0) is 22.5 Å². The number of thiophene rings is 1. The highest BCUT2D eigenvalue weighted by Crippen LogP contribution is 2.37. The highest BCUT2D eigenvalue weighted by Gasteiger charge is 2.21. The molecule has 0 bridgehead atoms. The maximum absolute atomic E-state index is 12.1. The predicted molar refractivity (Wildman–Crippen MR) is 101 cm³/mol. The van der Waals surface area contributed by atoms with Gasteiger partial charge < -0.3 is 14.9 Å². The molecule has 1 aliphatic carbocycles. The monoisotopic (exact) mass is 369 g/mol. The molecule has 1 N–H and O–H groups in total. The van der Waals surface area contributed by atoms with E-state index in [0.717, 1.165) is 42.6 Å². The number of fused-ring (bicyclic) bond motifs is 1. The first-order chi connectivity index (χ1) is 12.7. The van der Waals surface area contributed by atoms with Gasteiger partial charge in [-0.15, -0.1) is 11.3 Å². The Morgan fingerprint density at radius 1 is 1.35 bits per heavy atom. The molecule has 1 aliphatic rings. The van der Waals surface area contributed by atoms with Gasteiger partial charge in [-0.25, -0.2) is 0 Å². The molecule has 134 valence electrons. The number of hydrogen-bond acceptors (Lipinski definition) is 6. The van der Waals surface area contributed by atoms with E-state index in [9.17, 15) is 10.1 Å². The van der Waals surface area contributed by atoms with Crippen LogP contribution in [0.1, 0.15) is 34.4 Å². The second-order valence-corrected chi connectivity index (χ2v) is 6.96. The second-order valence-electron chi connectivity index (χ2n) is 5.86. The molecule has 0 unspecified atom stereocenters. The van der Waals surface area contributed by atoms with Gasteiger partial charge in [0.15, 0.2) is 6.61 Å². The molecule has 0 fully saturated rings. The molecule has 0 aliphatic heterocycles. The van der Waals surface area contributed by atoms with Crippen molar-refractivity contribution < 1.29 is 14.4 Å². The van der Waals surface area contributed by atoms with Gasteiger partial charge in [-0.3, -0.25) is 4.79 Å². The summed E-state index contributed by atoms with van der Waals surface area (Å²) in [5, 5.41) is 16.6. The van der Waals surface area contributed by atoms with Crippen molar-refractivity contribution in [2.24, 2.45) is 5.16 Å². The van der Waals surface area contributed by atoms with Crippen molar-refractivity contribution in [3.8, 4) is 11.8 Å². The molecule has 2 aromatic rings. The average Bonchev–Trinajstić information content (AvgIpc) is 3.02. The summed E-state index contributed by atoms with van der Waals surface area (Å²) in [6.07, 6.45) is 5.64. The van der Waals surface area contributed by atoms with Crippen LogP contribution in [-0.4, -0.2) is 25.8 Å². The summed E-state index contributed by atoms with van der Waals surface area (Å²) in [5.74, 6) is 0.432. The highest BCUT2D eigenvalue weighted by atomic mass is 32.1. The van der Waals surface area contributed by atoms with E-state index >= 15 is 0 Å². The van der Waals surface area contributed by atoms with Gasteiger partial charge in [-0.2, -0.15) is 5.26 Å². The Labute approximate surface area is 156 Å². The Balaban J connectivity index is 1.53. The summed E-state index contributed by atoms with van der Waals surface area (Å²) >= 11 is 1.49. The SMILES string of the molecule is COc1ccc(/C=N\OCC(=O)Nc2sc3c(c2C#N)CCCC3)cc1. The molecule has 7 heteroatoms. The van der Waals surface area contributed by atoms with Crippen molar-refractivity contribution >= 4 is 28.5 Å². The minimum atomic E-state index is -0.327. The van der Waals surface area contributed by atoms with Crippen molar-refractivity contribution in [3.05, 3.63) is 45.8 Å². The van der Waals surface area contributed by atoms with Gasteiger partial charge in [0.1, 0.15) is 16.8 Å². The van der Waals surface area contributed by atoms with Crippen molar-refractivity contribution in [2.75, 3.05) is 19.0 Å². The number of methoxy groups -OCH3 is 1. The zero-order valence-corrected chi connectivity index (χ0v) is 15.3. The van der Waals surface area contributed by atoms with Gasteiger partial charge >= 0.3 is 0 Å². The second kappa shape index (κ2) is 8.50. The van der Waals surface area contributed by atoms with Gasteiger partial charge in [-0.1, -0.05) is 5.16 Å². The minimum Gasteiger partial charge on any atom is -0.497 e. The van der Waals surface area contributed by atoms with E-state index in [1.54, 1.807) is 7.11 Å². The Hall–Kier alpha value is -2.85. The molecule has 0 spiro atoms. The van der Waals surface area contributed by atoms with Gasteiger partial charge in [0.2, 0.25) is 0 Å². The van der Waals surface area contributed by atoms with Gasteiger partial charge in [0.25, 0.3) is 5.91 Å². The number of nitriles is 1. The zero-order valence-electron chi connectivity index (χ0n) is 14.4. The van der Waals surface area contributed by atoms with Crippen molar-refractivity contribution in [1.82, 2.24) is 0 Å². The molecule has 0 atom stereocenters. The third-order valence-electron chi connectivity index (χ3n) is 4.12. The topological polar surface area (TPSA) is 83.7 Å². The lowest BCUT2D eigenvalue weighted by Crippen LogP contribution is -2.17. The first-order valence-electron chi connectivity index (χ1n) is 8.35. The van der Waals surface area contributed by atoms with E-state index in [1.165, 1.54) is 22.4 Å². The Kier molecular flexibility index (Phi) is 5.87. The molecular weight excluding hydrogens is 350 g/mol. The molecule has 1 aromatic heterocycles. The fourth-order valence-corrected chi connectivity index (χ4v) is 4.07. The van der Waals surface area contributed by atoms with E-state index in [4.69, 9.17) is 9.57 Å². The van der Waals surface area contributed by atoms with Crippen LogP contribution in [0.2, 0.25) is 0 Å². The number of nitrogens with one attached hydrogen (secondary N) is 1. The maximum atomic E-state index is 12.1. The van der Waals surface area contributed by atoms with E-state index in [1.807, 2.05) is 24.3 Å². The Morgan fingerprint density at radius 3 is 2.85 bits per heavy atom. The quantitative estimate of drug-likeness (QED) is 0.624. The lowest BCUT2D eigenvalue weighted by Gasteiger charge is -2.09. The molecular formula is C19H19N3O3S. The van der Waals surface area contributed by atoms with Crippen LogP contribution in [0.4, 0.5) is 5.00 Å². The van der Waals surface area contributed by atoms with Crippen molar-refractivity contribution in [3.63, 3.8) is 0 Å². The molecule has 1 amide bonds. The van der Waals surface area contributed by atoms with E-state index in [0.29, 0.717) is 10.6 Å². The number of carbonyl (C=O) groups excluding carboxylic acids is 1. The normalized spacial score (nSPS) is 13.1. The van der Waals surface area contributed by atoms with Gasteiger partial charge in [0, 0.05) is 4.88 Å². The van der Waals surface area contributed by atoms with Crippen LogP contribution in [0.25, 0.3) is 0 Å². The number of carbonyl (C=O) groups is 1. The van der Waals surface area contributed by atoms with Crippen LogP contribution < -0.4 is 10.1 Å². The van der Waals surface area contributed by atoms with Crippen LogP contribution in [0.15, 0.2) is 29.4 Å². The molecule has 0 saturated heterocycles. The summed E-state index contributed by atoms with van der Waals surface area (Å²) in [6, 6.07) is 9.52. The average molecular weight is 369 g/mol. The van der Waals surface area contributed by atoms with E-state index in [-0.39, 0.29) is 12.5 Å². The summed E-state index contributed by atoms with van der Waals surface area (Å²) < 4.78 is 5.08. The molecule has 0 radical (unpaired) electrons. The number of amides is 1. The third kappa shape index (κ3) is 4.21. The van der Waals surface area contributed by atoms with Crippen LogP contribution in [0.5, 0.6) is 5.75 Å². The van der Waals surface area contributed by atoms with Crippen molar-refractivity contribution in [1.29, 1.82) is 5.26 Å². The predicted octanol–water partition coefficient (Wildman–Crippen LogP) is 3.50. The number of ether oxygens (including phenoxy) is 1. The maximum Gasteiger partial charge on any atom is 0.265 e. The number of oxime groups is 1. The van der Waals surface area contributed by atoms with Gasteiger partial charge in [-0.05, 0) is 61.1 Å². The van der Waals surface area contributed by atoms with E-state index < -0.39 is 0 Å². The fraction of sp³-hybridized carbons (Fsp3) is 0.316.